The maximum absolute atomic E-state index is 12.2. The Morgan fingerprint density at radius 3 is 2.32 bits per heavy atom. The first-order valence-corrected chi connectivity index (χ1v) is 7.93. The van der Waals surface area contributed by atoms with Gasteiger partial charge < -0.3 is 0 Å². The summed E-state index contributed by atoms with van der Waals surface area (Å²) >= 11 is 0. The fourth-order valence-electron chi connectivity index (χ4n) is 1.75. The summed E-state index contributed by atoms with van der Waals surface area (Å²) < 4.78 is 28.2. The quantitative estimate of drug-likeness (QED) is 0.786. The van der Waals surface area contributed by atoms with Crippen LogP contribution in [0.15, 0.2) is 30.3 Å². The zero-order chi connectivity index (χ0) is 13.9. The van der Waals surface area contributed by atoms with Gasteiger partial charge in [-0.3, -0.25) is 13.6 Å². The Kier molecular flexibility index (Phi) is 4.46. The van der Waals surface area contributed by atoms with Crippen molar-refractivity contribution in [1.82, 2.24) is 0 Å². The third kappa shape index (κ3) is 4.15. The number of rotatable bonds is 3. The van der Waals surface area contributed by atoms with E-state index in [1.54, 1.807) is 0 Å². The van der Waals surface area contributed by atoms with Gasteiger partial charge in [-0.05, 0) is 11.0 Å². The summed E-state index contributed by atoms with van der Waals surface area (Å²) in [5, 5.41) is 0. The van der Waals surface area contributed by atoms with Gasteiger partial charge in [-0.2, -0.15) is 0 Å². The molecule has 0 aromatic heterocycles. The molecule has 0 aliphatic carbocycles. The maximum Gasteiger partial charge on any atom is 0.475 e. The number of hydrogen-bond donors (Lipinski definition) is 0. The molecule has 0 spiro atoms. The average Bonchev–Trinajstić information content (AvgIpc) is 2.37. The van der Waals surface area contributed by atoms with E-state index in [2.05, 4.69) is 20.8 Å². The van der Waals surface area contributed by atoms with Crippen LogP contribution >= 0.6 is 7.82 Å². The van der Waals surface area contributed by atoms with E-state index in [1.165, 1.54) is 0 Å². The van der Waals surface area contributed by atoms with Gasteiger partial charge in [-0.1, -0.05) is 51.1 Å². The topological polar surface area (TPSA) is 44.8 Å². The minimum Gasteiger partial charge on any atom is -0.286 e. The van der Waals surface area contributed by atoms with E-state index in [1.807, 2.05) is 30.3 Å². The lowest BCUT2D eigenvalue weighted by Gasteiger charge is -2.35. The van der Waals surface area contributed by atoms with E-state index in [9.17, 15) is 4.57 Å². The third-order valence-electron chi connectivity index (χ3n) is 3.32. The van der Waals surface area contributed by atoms with Crippen LogP contribution in [-0.2, 0) is 24.7 Å². The maximum atomic E-state index is 12.2. The first-order chi connectivity index (χ1) is 8.89. The molecule has 0 amide bonds. The van der Waals surface area contributed by atoms with Crippen LogP contribution < -0.4 is 0 Å². The molecular weight excluding hydrogens is 263 g/mol. The van der Waals surface area contributed by atoms with E-state index >= 15 is 0 Å². The number of benzene rings is 1. The molecule has 0 bridgehead atoms. The van der Waals surface area contributed by atoms with E-state index in [-0.39, 0.29) is 17.9 Å². The van der Waals surface area contributed by atoms with Crippen LogP contribution in [0.4, 0.5) is 0 Å². The molecule has 1 aliphatic heterocycles. The Balaban J connectivity index is 1.87. The lowest BCUT2D eigenvalue weighted by atomic mass is 9.82. The average molecular weight is 284 g/mol. The molecule has 5 heteroatoms. The van der Waals surface area contributed by atoms with Gasteiger partial charge in [0.05, 0.1) is 19.8 Å². The summed E-state index contributed by atoms with van der Waals surface area (Å²) in [7, 11) is -3.39. The molecule has 19 heavy (non-hydrogen) atoms. The summed E-state index contributed by atoms with van der Waals surface area (Å²) in [6.45, 7) is 7.41. The van der Waals surface area contributed by atoms with Crippen molar-refractivity contribution in [3.8, 4) is 0 Å². The highest BCUT2D eigenvalue weighted by atomic mass is 31.2. The standard InChI is InChI=1S/C14H21O4P/c1-14(2,3)13-10-17-19(15,18-11-13)16-9-12-7-5-4-6-8-12/h4-8,13H,9-11H2,1-3H3. The van der Waals surface area contributed by atoms with Gasteiger partial charge in [0.2, 0.25) is 0 Å². The van der Waals surface area contributed by atoms with Crippen LogP contribution in [0, 0.1) is 11.3 Å². The van der Waals surface area contributed by atoms with Crippen LogP contribution in [0.25, 0.3) is 0 Å². The van der Waals surface area contributed by atoms with Crippen molar-refractivity contribution in [1.29, 1.82) is 0 Å². The molecule has 1 aromatic rings. The second-order valence-electron chi connectivity index (χ2n) is 5.86. The molecule has 0 radical (unpaired) electrons. The van der Waals surface area contributed by atoms with Crippen molar-refractivity contribution in [3.05, 3.63) is 35.9 Å². The molecule has 4 nitrogen and oxygen atoms in total. The number of phosphoric ester groups is 1. The number of hydrogen-bond acceptors (Lipinski definition) is 4. The first-order valence-electron chi connectivity index (χ1n) is 6.47. The van der Waals surface area contributed by atoms with Gasteiger partial charge >= 0.3 is 7.82 Å². The van der Waals surface area contributed by atoms with Gasteiger partial charge in [0.1, 0.15) is 0 Å². The van der Waals surface area contributed by atoms with Crippen LogP contribution in [-0.4, -0.2) is 13.2 Å². The largest absolute Gasteiger partial charge is 0.475 e. The molecule has 0 saturated carbocycles. The normalized spacial score (nSPS) is 28.3. The zero-order valence-electron chi connectivity index (χ0n) is 11.7. The predicted molar refractivity (Wildman–Crippen MR) is 73.7 cm³/mol. The lowest BCUT2D eigenvalue weighted by Crippen LogP contribution is -2.32. The van der Waals surface area contributed by atoms with Crippen LogP contribution in [0.5, 0.6) is 0 Å². The Hall–Kier alpha value is -0.670. The van der Waals surface area contributed by atoms with E-state index in [0.29, 0.717) is 13.2 Å². The summed E-state index contributed by atoms with van der Waals surface area (Å²) in [6.07, 6.45) is 0. The molecule has 2 rings (SSSR count). The van der Waals surface area contributed by atoms with Gasteiger partial charge in [0.15, 0.2) is 0 Å². The van der Waals surface area contributed by atoms with Crippen molar-refractivity contribution in [2.24, 2.45) is 11.3 Å². The van der Waals surface area contributed by atoms with Crippen molar-refractivity contribution in [3.63, 3.8) is 0 Å². The Morgan fingerprint density at radius 2 is 1.79 bits per heavy atom. The van der Waals surface area contributed by atoms with Crippen LogP contribution in [0.1, 0.15) is 26.3 Å². The number of phosphoric acid groups is 1. The van der Waals surface area contributed by atoms with Gasteiger partial charge in [0, 0.05) is 5.92 Å². The highest BCUT2D eigenvalue weighted by Gasteiger charge is 2.38. The zero-order valence-corrected chi connectivity index (χ0v) is 12.6. The minimum atomic E-state index is -3.39. The molecule has 1 aliphatic rings. The highest BCUT2D eigenvalue weighted by molar-refractivity contribution is 7.48. The minimum absolute atomic E-state index is 0.0741. The molecule has 106 valence electrons. The summed E-state index contributed by atoms with van der Waals surface area (Å²) in [4.78, 5) is 0. The lowest BCUT2D eigenvalue weighted by molar-refractivity contribution is -0.00160. The fraction of sp³-hybridized carbons (Fsp3) is 0.571. The molecule has 0 unspecified atom stereocenters. The van der Waals surface area contributed by atoms with E-state index in [4.69, 9.17) is 13.6 Å². The first kappa shape index (κ1) is 14.7. The van der Waals surface area contributed by atoms with Gasteiger partial charge in [-0.15, -0.1) is 0 Å². The predicted octanol–water partition coefficient (Wildman–Crippen LogP) is 4.02. The highest BCUT2D eigenvalue weighted by Crippen LogP contribution is 2.54. The van der Waals surface area contributed by atoms with Crippen LogP contribution in [0.2, 0.25) is 0 Å². The molecule has 1 saturated heterocycles. The smallest absolute Gasteiger partial charge is 0.286 e. The summed E-state index contributed by atoms with van der Waals surface area (Å²) in [5.74, 6) is 0.231. The van der Waals surface area contributed by atoms with Gasteiger partial charge in [0.25, 0.3) is 0 Å². The van der Waals surface area contributed by atoms with E-state index < -0.39 is 7.82 Å². The van der Waals surface area contributed by atoms with E-state index in [0.717, 1.165) is 5.56 Å². The molecule has 0 N–H and O–H groups in total. The molecule has 1 heterocycles. The molecular formula is C14H21O4P. The Morgan fingerprint density at radius 1 is 1.21 bits per heavy atom. The van der Waals surface area contributed by atoms with Crippen molar-refractivity contribution >= 4 is 7.82 Å². The second-order valence-corrected chi connectivity index (χ2v) is 7.53. The van der Waals surface area contributed by atoms with Crippen molar-refractivity contribution in [2.45, 2.75) is 27.4 Å². The van der Waals surface area contributed by atoms with Gasteiger partial charge in [-0.25, -0.2) is 4.57 Å². The van der Waals surface area contributed by atoms with Crippen molar-refractivity contribution in [2.75, 3.05) is 13.2 Å². The SMILES string of the molecule is CC(C)(C)C1COP(=O)(OCc2ccccc2)OC1. The monoisotopic (exact) mass is 284 g/mol. The molecule has 1 fully saturated rings. The van der Waals surface area contributed by atoms with Crippen molar-refractivity contribution < 1.29 is 18.1 Å². The summed E-state index contributed by atoms with van der Waals surface area (Å²) in [5.41, 5.74) is 1.02. The molecule has 1 aromatic carbocycles. The Bertz CT molecular complexity index is 440. The third-order valence-corrected chi connectivity index (χ3v) is 4.70. The van der Waals surface area contributed by atoms with Crippen LogP contribution in [0.3, 0.4) is 0 Å². The second kappa shape index (κ2) is 5.76. The molecule has 0 atom stereocenters. The Labute approximate surface area is 114 Å². The summed E-state index contributed by atoms with van der Waals surface area (Å²) in [6, 6.07) is 9.56. The fourth-order valence-corrected chi connectivity index (χ4v) is 3.01.